The van der Waals surface area contributed by atoms with Gasteiger partial charge in [-0.25, -0.2) is 8.42 Å². The van der Waals surface area contributed by atoms with Crippen LogP contribution in [-0.2, 0) is 10.0 Å². The highest BCUT2D eigenvalue weighted by atomic mass is 35.5. The van der Waals surface area contributed by atoms with Crippen LogP contribution in [-0.4, -0.2) is 26.2 Å². The number of sulfonamides is 1. The summed E-state index contributed by atoms with van der Waals surface area (Å²) in [6, 6.07) is 16.9. The van der Waals surface area contributed by atoms with Crippen LogP contribution in [0.15, 0.2) is 76.7 Å². The third kappa shape index (κ3) is 6.93. The van der Waals surface area contributed by atoms with Gasteiger partial charge in [0.15, 0.2) is 0 Å². The molecule has 3 rings (SSSR count). The first-order valence-corrected chi connectivity index (χ1v) is 12.2. The van der Waals surface area contributed by atoms with Crippen molar-refractivity contribution in [2.45, 2.75) is 24.7 Å². The molecule has 0 saturated carbocycles. The summed E-state index contributed by atoms with van der Waals surface area (Å²) in [5.74, 6) is 0.748. The molecule has 34 heavy (non-hydrogen) atoms. The van der Waals surface area contributed by atoms with Gasteiger partial charge in [0.2, 0.25) is 0 Å². The molecule has 2 N–H and O–H groups in total. The van der Waals surface area contributed by atoms with Crippen molar-refractivity contribution in [3.05, 3.63) is 87.4 Å². The van der Waals surface area contributed by atoms with Crippen molar-refractivity contribution in [2.24, 2.45) is 5.10 Å². The fourth-order valence-electron chi connectivity index (χ4n) is 2.85. The molecule has 0 aliphatic rings. The molecule has 0 atom stereocenters. The van der Waals surface area contributed by atoms with Crippen molar-refractivity contribution in [1.29, 1.82) is 0 Å². The second kappa shape index (κ2) is 11.5. The van der Waals surface area contributed by atoms with Gasteiger partial charge in [-0.1, -0.05) is 31.0 Å². The van der Waals surface area contributed by atoms with E-state index >= 15 is 0 Å². The number of ether oxygens (including phenoxy) is 1. The Morgan fingerprint density at radius 2 is 1.88 bits per heavy atom. The Labute approximate surface area is 202 Å². The maximum absolute atomic E-state index is 12.7. The number of anilines is 2. The lowest BCUT2D eigenvalue weighted by Crippen LogP contribution is -2.13. The molecular formula is C23H23ClN4O5S. The molecule has 0 aliphatic carbocycles. The molecule has 0 bridgehead atoms. The molecule has 11 heteroatoms. The number of nitrogens with zero attached hydrogens (tertiary/aromatic N) is 2. The predicted octanol–water partition coefficient (Wildman–Crippen LogP) is 5.67. The second-order valence-corrected chi connectivity index (χ2v) is 9.31. The summed E-state index contributed by atoms with van der Waals surface area (Å²) in [6.07, 6.45) is 3.52. The van der Waals surface area contributed by atoms with E-state index in [0.717, 1.165) is 30.2 Å². The molecule has 0 fully saturated rings. The third-order valence-corrected chi connectivity index (χ3v) is 6.21. The molecule has 0 aromatic heterocycles. The average Bonchev–Trinajstić information content (AvgIpc) is 2.80. The number of hydrogen-bond donors (Lipinski definition) is 2. The molecule has 3 aromatic carbocycles. The van der Waals surface area contributed by atoms with Crippen LogP contribution in [0.2, 0.25) is 5.02 Å². The lowest BCUT2D eigenvalue weighted by Gasteiger charge is -2.09. The van der Waals surface area contributed by atoms with Gasteiger partial charge in [0, 0.05) is 11.1 Å². The molecule has 0 unspecified atom stereocenters. The van der Waals surface area contributed by atoms with Gasteiger partial charge in [0.05, 0.1) is 28.3 Å². The number of rotatable bonds is 11. The summed E-state index contributed by atoms with van der Waals surface area (Å²) in [5, 5.41) is 15.9. The Kier molecular flexibility index (Phi) is 8.44. The maximum atomic E-state index is 12.7. The van der Waals surface area contributed by atoms with Gasteiger partial charge in [-0.3, -0.25) is 20.3 Å². The molecule has 0 heterocycles. The first-order valence-electron chi connectivity index (χ1n) is 10.4. The topological polar surface area (TPSA) is 123 Å². The van der Waals surface area contributed by atoms with Crippen LogP contribution in [0.1, 0.15) is 25.3 Å². The minimum atomic E-state index is -4.07. The number of hydrogen-bond acceptors (Lipinski definition) is 7. The number of nitro benzene ring substituents is 1. The SMILES string of the molecule is CCCCOc1ccc(/C=N/Nc2ccc(S(=O)(=O)Nc3cccc(Cl)c3)cc2[N+](=O)[O-])cc1. The zero-order valence-corrected chi connectivity index (χ0v) is 19.8. The smallest absolute Gasteiger partial charge is 0.295 e. The fraction of sp³-hybridized carbons (Fsp3) is 0.174. The van der Waals surface area contributed by atoms with Crippen LogP contribution in [0.25, 0.3) is 0 Å². The van der Waals surface area contributed by atoms with E-state index in [1.54, 1.807) is 24.3 Å². The summed E-state index contributed by atoms with van der Waals surface area (Å²) in [7, 11) is -4.07. The number of unbranched alkanes of at least 4 members (excludes halogenated alkanes) is 1. The molecule has 9 nitrogen and oxygen atoms in total. The standard InChI is InChI=1S/C23H23ClN4O5S/c1-2-3-13-33-20-9-7-17(8-10-20)16-25-26-22-12-11-21(15-23(22)28(29)30)34(31,32)27-19-6-4-5-18(24)14-19/h4-12,14-16,26-27H,2-3,13H2,1H3/b25-16+. The van der Waals surface area contributed by atoms with Gasteiger partial charge in [-0.2, -0.15) is 5.10 Å². The zero-order chi connectivity index (χ0) is 24.6. The van der Waals surface area contributed by atoms with Crippen molar-refractivity contribution >= 4 is 44.9 Å². The van der Waals surface area contributed by atoms with Crippen LogP contribution < -0.4 is 14.9 Å². The van der Waals surface area contributed by atoms with Gasteiger partial charge in [0.25, 0.3) is 15.7 Å². The predicted molar refractivity (Wildman–Crippen MR) is 133 cm³/mol. The summed E-state index contributed by atoms with van der Waals surface area (Å²) >= 11 is 5.88. The Balaban J connectivity index is 1.72. The third-order valence-electron chi connectivity index (χ3n) is 4.60. The molecule has 3 aromatic rings. The molecule has 0 saturated heterocycles. The number of benzene rings is 3. The Morgan fingerprint density at radius 1 is 1.12 bits per heavy atom. The minimum Gasteiger partial charge on any atom is -0.494 e. The van der Waals surface area contributed by atoms with E-state index in [1.165, 1.54) is 30.5 Å². The lowest BCUT2D eigenvalue weighted by atomic mass is 10.2. The van der Waals surface area contributed by atoms with E-state index < -0.39 is 20.6 Å². The number of nitrogens with one attached hydrogen (secondary N) is 2. The molecule has 0 spiro atoms. The highest BCUT2D eigenvalue weighted by Crippen LogP contribution is 2.29. The van der Waals surface area contributed by atoms with Crippen LogP contribution in [0.5, 0.6) is 5.75 Å². The zero-order valence-electron chi connectivity index (χ0n) is 18.3. The quantitative estimate of drug-likeness (QED) is 0.150. The highest BCUT2D eigenvalue weighted by Gasteiger charge is 2.21. The van der Waals surface area contributed by atoms with E-state index in [4.69, 9.17) is 16.3 Å². The van der Waals surface area contributed by atoms with Gasteiger partial charge in [0.1, 0.15) is 11.4 Å². The van der Waals surface area contributed by atoms with Crippen molar-refractivity contribution < 1.29 is 18.1 Å². The van der Waals surface area contributed by atoms with Gasteiger partial charge in [-0.05, 0) is 66.6 Å². The van der Waals surface area contributed by atoms with Crippen LogP contribution in [0.4, 0.5) is 17.1 Å². The normalized spacial score (nSPS) is 11.4. The van der Waals surface area contributed by atoms with Crippen molar-refractivity contribution in [3.63, 3.8) is 0 Å². The molecular weight excluding hydrogens is 480 g/mol. The van der Waals surface area contributed by atoms with E-state index in [1.807, 2.05) is 12.1 Å². The van der Waals surface area contributed by atoms with Crippen LogP contribution in [0, 0.1) is 10.1 Å². The van der Waals surface area contributed by atoms with Crippen molar-refractivity contribution in [3.8, 4) is 5.75 Å². The van der Waals surface area contributed by atoms with Gasteiger partial charge >= 0.3 is 0 Å². The van der Waals surface area contributed by atoms with Gasteiger partial charge in [-0.15, -0.1) is 0 Å². The largest absolute Gasteiger partial charge is 0.494 e. The molecule has 0 amide bonds. The van der Waals surface area contributed by atoms with Crippen molar-refractivity contribution in [1.82, 2.24) is 0 Å². The monoisotopic (exact) mass is 502 g/mol. The fourth-order valence-corrected chi connectivity index (χ4v) is 4.11. The number of halogens is 1. The maximum Gasteiger partial charge on any atom is 0.295 e. The number of nitro groups is 1. The Morgan fingerprint density at radius 3 is 2.56 bits per heavy atom. The summed E-state index contributed by atoms with van der Waals surface area (Å²) in [6.45, 7) is 2.74. The Hall–Kier alpha value is -3.63. The number of hydrazone groups is 1. The van der Waals surface area contributed by atoms with Crippen LogP contribution >= 0.6 is 11.6 Å². The van der Waals surface area contributed by atoms with E-state index in [9.17, 15) is 18.5 Å². The first-order chi connectivity index (χ1) is 16.3. The molecule has 0 aliphatic heterocycles. The van der Waals surface area contributed by atoms with Crippen LogP contribution in [0.3, 0.4) is 0 Å². The van der Waals surface area contributed by atoms with E-state index in [2.05, 4.69) is 22.2 Å². The van der Waals surface area contributed by atoms with E-state index in [0.29, 0.717) is 11.6 Å². The average molecular weight is 503 g/mol. The van der Waals surface area contributed by atoms with E-state index in [-0.39, 0.29) is 16.3 Å². The Bertz CT molecular complexity index is 1280. The summed E-state index contributed by atoms with van der Waals surface area (Å²) < 4.78 is 33.3. The summed E-state index contributed by atoms with van der Waals surface area (Å²) in [4.78, 5) is 10.6. The van der Waals surface area contributed by atoms with Gasteiger partial charge < -0.3 is 4.74 Å². The highest BCUT2D eigenvalue weighted by molar-refractivity contribution is 7.92. The second-order valence-electron chi connectivity index (χ2n) is 7.19. The molecule has 178 valence electrons. The molecule has 0 radical (unpaired) electrons. The minimum absolute atomic E-state index is 0.0440. The summed E-state index contributed by atoms with van der Waals surface area (Å²) in [5.41, 5.74) is 3.20. The van der Waals surface area contributed by atoms with Crippen molar-refractivity contribution in [2.75, 3.05) is 16.8 Å². The lowest BCUT2D eigenvalue weighted by molar-refractivity contribution is -0.384. The first kappa shape index (κ1) is 25.0.